The topological polar surface area (TPSA) is 79.4 Å². The summed E-state index contributed by atoms with van der Waals surface area (Å²) >= 11 is 0. The SMILES string of the molecule is [2H]C[C@H]1O[C@@H](n2cc(C)c(C)nc2=O)C(OC)C1OP(OCC[N+]#[C-])N(C(C)C)C(C)C. The number of hydrogen-bond donors (Lipinski definition) is 0. The molecule has 9 nitrogen and oxygen atoms in total. The van der Waals surface area contributed by atoms with Crippen molar-refractivity contribution < 1.29 is 19.9 Å². The summed E-state index contributed by atoms with van der Waals surface area (Å²) in [5, 5.41) is 0. The first-order valence-corrected chi connectivity index (χ1v) is 11.5. The largest absolute Gasteiger partial charge is 0.374 e. The number of aromatic nitrogens is 2. The van der Waals surface area contributed by atoms with Crippen LogP contribution in [0.25, 0.3) is 4.85 Å². The molecule has 5 atom stereocenters. The Morgan fingerprint density at radius 1 is 1.35 bits per heavy atom. The van der Waals surface area contributed by atoms with E-state index in [1.807, 2.05) is 6.92 Å². The normalized spacial score (nSPS) is 25.3. The second kappa shape index (κ2) is 11.5. The van der Waals surface area contributed by atoms with E-state index in [1.165, 1.54) is 11.7 Å². The molecule has 1 aliphatic heterocycles. The molecule has 0 aliphatic carbocycles. The van der Waals surface area contributed by atoms with Crippen molar-refractivity contribution in [3.8, 4) is 0 Å². The second-order valence-corrected chi connectivity index (χ2v) is 9.46. The fraction of sp³-hybridized carbons (Fsp3) is 0.762. The Balaban J connectivity index is 2.38. The molecule has 31 heavy (non-hydrogen) atoms. The van der Waals surface area contributed by atoms with Gasteiger partial charge in [0.25, 0.3) is 8.53 Å². The van der Waals surface area contributed by atoms with Crippen LogP contribution in [0.1, 0.15) is 53.5 Å². The van der Waals surface area contributed by atoms with Crippen molar-refractivity contribution in [1.29, 1.82) is 0 Å². The van der Waals surface area contributed by atoms with Gasteiger partial charge in [0.15, 0.2) is 6.23 Å². The molecule has 1 aliphatic rings. The zero-order valence-corrected chi connectivity index (χ0v) is 20.3. The van der Waals surface area contributed by atoms with Gasteiger partial charge in [-0.1, -0.05) is 0 Å². The van der Waals surface area contributed by atoms with Gasteiger partial charge in [0.2, 0.25) is 6.54 Å². The van der Waals surface area contributed by atoms with Crippen molar-refractivity contribution in [2.45, 2.75) is 85.1 Å². The molecule has 1 aromatic rings. The Morgan fingerprint density at radius 2 is 2.03 bits per heavy atom. The van der Waals surface area contributed by atoms with E-state index < -0.39 is 38.8 Å². The monoisotopic (exact) mass is 455 g/mol. The van der Waals surface area contributed by atoms with Crippen LogP contribution >= 0.6 is 8.53 Å². The summed E-state index contributed by atoms with van der Waals surface area (Å²) in [6.07, 6.45) is -0.952. The molecule has 10 heteroatoms. The van der Waals surface area contributed by atoms with Crippen molar-refractivity contribution in [2.24, 2.45) is 0 Å². The molecule has 0 bridgehead atoms. The highest BCUT2D eigenvalue weighted by Gasteiger charge is 2.47. The highest BCUT2D eigenvalue weighted by Crippen LogP contribution is 2.50. The number of hydrogen-bond acceptors (Lipinski definition) is 7. The summed E-state index contributed by atoms with van der Waals surface area (Å²) in [6.45, 7) is 19.3. The van der Waals surface area contributed by atoms with Crippen LogP contribution in [-0.4, -0.2) is 64.9 Å². The van der Waals surface area contributed by atoms with Gasteiger partial charge in [0.05, 0.1) is 6.10 Å². The van der Waals surface area contributed by atoms with E-state index in [4.69, 9.17) is 26.5 Å². The molecule has 0 N–H and O–H groups in total. The van der Waals surface area contributed by atoms with E-state index >= 15 is 0 Å². The predicted octanol–water partition coefficient (Wildman–Crippen LogP) is 3.46. The minimum absolute atomic E-state index is 0.0668. The van der Waals surface area contributed by atoms with Gasteiger partial charge >= 0.3 is 5.69 Å². The third-order valence-corrected chi connectivity index (χ3v) is 7.21. The Kier molecular flexibility index (Phi) is 8.96. The van der Waals surface area contributed by atoms with Crippen molar-refractivity contribution in [2.75, 3.05) is 20.3 Å². The standard InChI is InChI=1S/C21H35N4O5P/c1-13(2)25(14(3)4)31(28-11-10-22-8)30-18-17(7)29-20(19(18)27-9)24-12-15(5)16(6)23-21(24)26/h12-14,17-20H,10-11H2,1-7,9H3/t17-,18?,19?,20-,31?/m1/s1/i7D. The summed E-state index contributed by atoms with van der Waals surface area (Å²) in [4.78, 5) is 20.0. The third kappa shape index (κ3) is 6.10. The first kappa shape index (κ1) is 24.2. The molecule has 2 rings (SSSR count). The molecule has 174 valence electrons. The van der Waals surface area contributed by atoms with Crippen LogP contribution in [0.3, 0.4) is 0 Å². The van der Waals surface area contributed by atoms with Gasteiger partial charge in [-0.2, -0.15) is 4.98 Å². The minimum Gasteiger partial charge on any atom is -0.374 e. The molecule has 0 aromatic carbocycles. The lowest BCUT2D eigenvalue weighted by Gasteiger charge is -2.37. The van der Waals surface area contributed by atoms with Crippen LogP contribution in [0, 0.1) is 20.4 Å². The zero-order valence-electron chi connectivity index (χ0n) is 20.4. The van der Waals surface area contributed by atoms with Gasteiger partial charge < -0.3 is 23.4 Å². The van der Waals surface area contributed by atoms with Crippen molar-refractivity contribution in [3.05, 3.63) is 39.4 Å². The van der Waals surface area contributed by atoms with Crippen LogP contribution < -0.4 is 5.69 Å². The van der Waals surface area contributed by atoms with Gasteiger partial charge in [0, 0.05) is 32.5 Å². The molecule has 3 unspecified atom stereocenters. The molecular weight excluding hydrogens is 419 g/mol. The van der Waals surface area contributed by atoms with Gasteiger partial charge in [0.1, 0.15) is 18.8 Å². The Bertz CT molecular complexity index is 838. The zero-order chi connectivity index (χ0) is 24.0. The van der Waals surface area contributed by atoms with Crippen LogP contribution in [0.15, 0.2) is 11.0 Å². The minimum atomic E-state index is -1.55. The van der Waals surface area contributed by atoms with Crippen LogP contribution in [0.5, 0.6) is 0 Å². The average molecular weight is 456 g/mol. The third-order valence-electron chi connectivity index (χ3n) is 5.08. The molecule has 0 spiro atoms. The maximum absolute atomic E-state index is 12.6. The van der Waals surface area contributed by atoms with Crippen molar-refractivity contribution in [1.82, 2.24) is 14.2 Å². The van der Waals surface area contributed by atoms with Crippen molar-refractivity contribution in [3.63, 3.8) is 0 Å². The Hall–Kier alpha value is -1.40. The average Bonchev–Trinajstić information content (AvgIpc) is 3.07. The number of aryl methyl sites for hydroxylation is 2. The molecule has 1 fully saturated rings. The molecule has 1 aromatic heterocycles. The van der Waals surface area contributed by atoms with Crippen LogP contribution in [0.4, 0.5) is 0 Å². The van der Waals surface area contributed by atoms with Gasteiger partial charge in [-0.05, 0) is 54.0 Å². The van der Waals surface area contributed by atoms with E-state index in [0.717, 1.165) is 5.56 Å². The van der Waals surface area contributed by atoms with E-state index in [9.17, 15) is 4.79 Å². The summed E-state index contributed by atoms with van der Waals surface area (Å²) in [5.74, 6) is 0. The summed E-state index contributed by atoms with van der Waals surface area (Å²) in [6, 6.07) is 0.267. The van der Waals surface area contributed by atoms with Crippen LogP contribution in [0.2, 0.25) is 0 Å². The number of nitrogens with zero attached hydrogens (tertiary/aromatic N) is 4. The van der Waals surface area contributed by atoms with Gasteiger partial charge in [-0.15, -0.1) is 0 Å². The van der Waals surface area contributed by atoms with Crippen LogP contribution in [-0.2, 0) is 18.5 Å². The van der Waals surface area contributed by atoms with Gasteiger partial charge in [-0.3, -0.25) is 4.57 Å². The highest BCUT2D eigenvalue weighted by atomic mass is 31.2. The lowest BCUT2D eigenvalue weighted by molar-refractivity contribution is -0.0511. The maximum atomic E-state index is 12.6. The van der Waals surface area contributed by atoms with E-state index in [-0.39, 0.29) is 32.1 Å². The molecule has 0 saturated carbocycles. The molecule has 0 amide bonds. The Morgan fingerprint density at radius 3 is 2.58 bits per heavy atom. The summed E-state index contributed by atoms with van der Waals surface area (Å²) < 4.78 is 35.8. The van der Waals surface area contributed by atoms with Crippen molar-refractivity contribution >= 4 is 8.53 Å². The molecular formula is C21H35N4O5P. The number of ether oxygens (including phenoxy) is 2. The Labute approximate surface area is 187 Å². The number of methoxy groups -OCH3 is 1. The smallest absolute Gasteiger partial charge is 0.349 e. The summed E-state index contributed by atoms with van der Waals surface area (Å²) in [5.41, 5.74) is 1.07. The quantitative estimate of drug-likeness (QED) is 0.304. The molecule has 1 saturated heterocycles. The number of rotatable bonds is 10. The van der Waals surface area contributed by atoms with E-state index in [2.05, 4.69) is 42.2 Å². The maximum Gasteiger partial charge on any atom is 0.349 e. The fourth-order valence-electron chi connectivity index (χ4n) is 3.53. The first-order valence-electron chi connectivity index (χ1n) is 11.1. The first-order chi connectivity index (χ1) is 15.2. The fourth-order valence-corrected chi connectivity index (χ4v) is 5.29. The van der Waals surface area contributed by atoms with E-state index in [0.29, 0.717) is 5.69 Å². The summed E-state index contributed by atoms with van der Waals surface area (Å²) in [7, 11) is -0.0179. The second-order valence-electron chi connectivity index (χ2n) is 8.05. The highest BCUT2D eigenvalue weighted by molar-refractivity contribution is 7.44. The lowest BCUT2D eigenvalue weighted by atomic mass is 10.1. The van der Waals surface area contributed by atoms with E-state index in [1.54, 1.807) is 13.1 Å². The molecule has 0 radical (unpaired) electrons. The lowest BCUT2D eigenvalue weighted by Crippen LogP contribution is -2.40. The predicted molar refractivity (Wildman–Crippen MR) is 120 cm³/mol. The molecule has 2 heterocycles. The van der Waals surface area contributed by atoms with Gasteiger partial charge in [-0.25, -0.2) is 16.0 Å².